The van der Waals surface area contributed by atoms with E-state index in [1.54, 1.807) is 24.3 Å². The molecule has 0 aliphatic rings. The van der Waals surface area contributed by atoms with E-state index in [2.05, 4.69) is 41.5 Å². The summed E-state index contributed by atoms with van der Waals surface area (Å²) in [7, 11) is 0. The van der Waals surface area contributed by atoms with Gasteiger partial charge in [0.25, 0.3) is 0 Å². The van der Waals surface area contributed by atoms with Crippen LogP contribution in [0.3, 0.4) is 0 Å². The highest BCUT2D eigenvalue weighted by Gasteiger charge is 2.30. The molecule has 0 unspecified atom stereocenters. The monoisotopic (exact) mass is 380 g/mol. The molecule has 2 aromatic carbocycles. The van der Waals surface area contributed by atoms with Crippen molar-refractivity contribution in [1.29, 1.82) is 0 Å². The minimum atomic E-state index is -0.951. The summed E-state index contributed by atoms with van der Waals surface area (Å²) in [4.78, 5) is 22.4. The molecule has 0 bridgehead atoms. The molecule has 0 spiro atoms. The first-order valence-corrected chi connectivity index (χ1v) is 9.25. The van der Waals surface area contributed by atoms with Crippen LogP contribution in [0.15, 0.2) is 48.5 Å². The van der Waals surface area contributed by atoms with Crippen molar-refractivity contribution in [3.05, 3.63) is 70.8 Å². The molecule has 0 amide bonds. The Kier molecular flexibility index (Phi) is 5.83. The van der Waals surface area contributed by atoms with E-state index in [-0.39, 0.29) is 22.0 Å². The Morgan fingerprint density at radius 2 is 0.750 bits per heavy atom. The number of hydrogen-bond donors (Lipinski definition) is 2. The second-order valence-corrected chi connectivity index (χ2v) is 9.02. The van der Waals surface area contributed by atoms with Crippen molar-refractivity contribution in [2.24, 2.45) is 10.8 Å². The molecule has 2 N–H and O–H groups in total. The Labute approximate surface area is 166 Å². The predicted molar refractivity (Wildman–Crippen MR) is 113 cm³/mol. The molecule has 0 fully saturated rings. The van der Waals surface area contributed by atoms with E-state index in [4.69, 9.17) is 0 Å². The Balaban J connectivity index is 2.80. The lowest BCUT2D eigenvalue weighted by Crippen LogP contribution is -2.18. The second kappa shape index (κ2) is 7.63. The number of carboxylic acid groups (broad SMARTS) is 2. The topological polar surface area (TPSA) is 74.6 Å². The van der Waals surface area contributed by atoms with Crippen LogP contribution in [0, 0.1) is 10.8 Å². The van der Waals surface area contributed by atoms with Gasteiger partial charge in [-0.3, -0.25) is 0 Å². The molecule has 4 heteroatoms. The van der Waals surface area contributed by atoms with E-state index in [1.807, 2.05) is 24.3 Å². The largest absolute Gasteiger partial charge is 0.478 e. The molecular formula is C24H28O4. The number of carbonyl (C=O) groups is 2. The van der Waals surface area contributed by atoms with Crippen molar-refractivity contribution in [3.63, 3.8) is 0 Å². The van der Waals surface area contributed by atoms with Gasteiger partial charge in [-0.25, -0.2) is 9.59 Å². The maximum absolute atomic E-state index is 11.2. The van der Waals surface area contributed by atoms with Crippen LogP contribution in [0.1, 0.15) is 73.4 Å². The Bertz CT molecular complexity index is 826. The van der Waals surface area contributed by atoms with Gasteiger partial charge in [-0.2, -0.15) is 0 Å². The van der Waals surface area contributed by atoms with Crippen LogP contribution >= 0.6 is 0 Å². The van der Waals surface area contributed by atoms with E-state index < -0.39 is 11.9 Å². The average Bonchev–Trinajstić information content (AvgIpc) is 2.57. The van der Waals surface area contributed by atoms with Crippen molar-refractivity contribution in [2.75, 3.05) is 0 Å². The molecule has 148 valence electrons. The first-order chi connectivity index (χ1) is 12.8. The first kappa shape index (κ1) is 21.4. The summed E-state index contributed by atoms with van der Waals surface area (Å²) >= 11 is 0. The van der Waals surface area contributed by atoms with E-state index in [9.17, 15) is 19.8 Å². The van der Waals surface area contributed by atoms with Crippen LogP contribution in [0.25, 0.3) is 11.1 Å². The molecule has 0 heterocycles. The summed E-state index contributed by atoms with van der Waals surface area (Å²) in [5.74, 6) is -1.90. The molecule has 2 aromatic rings. The van der Waals surface area contributed by atoms with Gasteiger partial charge >= 0.3 is 11.9 Å². The summed E-state index contributed by atoms with van der Waals surface area (Å²) in [6.07, 6.45) is 0. The standard InChI is InChI=1S/C24H28O4/c1-23(2,3)19(15-7-11-17(12-8-15)21(25)26)20(24(4,5)6)16-9-13-18(14-10-16)22(27)28/h7-14H,1-6H3,(H,25,26)(H,27,28)/b20-19+. The lowest BCUT2D eigenvalue weighted by atomic mass is 9.70. The molecule has 0 aliphatic carbocycles. The third-order valence-electron chi connectivity index (χ3n) is 4.59. The van der Waals surface area contributed by atoms with E-state index >= 15 is 0 Å². The molecule has 0 saturated carbocycles. The third kappa shape index (κ3) is 4.69. The predicted octanol–water partition coefficient (Wildman–Crippen LogP) is 6.09. The van der Waals surface area contributed by atoms with Gasteiger partial charge in [-0.1, -0.05) is 65.8 Å². The van der Waals surface area contributed by atoms with Gasteiger partial charge in [0.15, 0.2) is 0 Å². The smallest absolute Gasteiger partial charge is 0.335 e. The zero-order chi connectivity index (χ0) is 21.3. The van der Waals surface area contributed by atoms with Gasteiger partial charge in [0.2, 0.25) is 0 Å². The lowest BCUT2D eigenvalue weighted by Gasteiger charge is -2.34. The molecule has 2 rings (SSSR count). The number of rotatable bonds is 4. The summed E-state index contributed by atoms with van der Waals surface area (Å²) in [6.45, 7) is 12.8. The van der Waals surface area contributed by atoms with Crippen LogP contribution < -0.4 is 0 Å². The highest BCUT2D eigenvalue weighted by atomic mass is 16.4. The Morgan fingerprint density at radius 1 is 0.536 bits per heavy atom. The fourth-order valence-electron chi connectivity index (χ4n) is 3.46. The maximum Gasteiger partial charge on any atom is 0.335 e. The fraction of sp³-hybridized carbons (Fsp3) is 0.333. The number of carboxylic acids is 2. The maximum atomic E-state index is 11.2. The summed E-state index contributed by atoms with van der Waals surface area (Å²) in [5, 5.41) is 18.4. The number of allylic oxidation sites excluding steroid dienone is 2. The fourth-order valence-corrected chi connectivity index (χ4v) is 3.46. The van der Waals surface area contributed by atoms with Gasteiger partial charge in [-0.05, 0) is 57.4 Å². The van der Waals surface area contributed by atoms with Gasteiger partial charge in [0, 0.05) is 0 Å². The van der Waals surface area contributed by atoms with Gasteiger partial charge in [0.05, 0.1) is 11.1 Å². The Morgan fingerprint density at radius 3 is 0.929 bits per heavy atom. The van der Waals surface area contributed by atoms with Gasteiger partial charge in [-0.15, -0.1) is 0 Å². The van der Waals surface area contributed by atoms with E-state index in [1.165, 1.54) is 0 Å². The molecule has 0 aliphatic heterocycles. The minimum absolute atomic E-state index is 0.210. The lowest BCUT2D eigenvalue weighted by molar-refractivity contribution is 0.0686. The molecule has 0 atom stereocenters. The molecule has 4 nitrogen and oxygen atoms in total. The van der Waals surface area contributed by atoms with Crippen LogP contribution in [-0.4, -0.2) is 22.2 Å². The van der Waals surface area contributed by atoms with Crippen molar-refractivity contribution in [3.8, 4) is 0 Å². The summed E-state index contributed by atoms with van der Waals surface area (Å²) < 4.78 is 0. The van der Waals surface area contributed by atoms with Crippen LogP contribution in [0.4, 0.5) is 0 Å². The van der Waals surface area contributed by atoms with Crippen molar-refractivity contribution in [2.45, 2.75) is 41.5 Å². The number of hydrogen-bond acceptors (Lipinski definition) is 2. The summed E-state index contributed by atoms with van der Waals surface area (Å²) in [5.41, 5.74) is 4.23. The first-order valence-electron chi connectivity index (χ1n) is 9.25. The zero-order valence-electron chi connectivity index (χ0n) is 17.3. The normalized spacial score (nSPS) is 13.1. The van der Waals surface area contributed by atoms with Crippen LogP contribution in [0.2, 0.25) is 0 Å². The van der Waals surface area contributed by atoms with E-state index in [0.717, 1.165) is 22.3 Å². The Hall–Kier alpha value is -2.88. The molecule has 0 radical (unpaired) electrons. The van der Waals surface area contributed by atoms with Gasteiger partial charge < -0.3 is 10.2 Å². The third-order valence-corrected chi connectivity index (χ3v) is 4.59. The highest BCUT2D eigenvalue weighted by Crippen LogP contribution is 2.47. The quantitative estimate of drug-likeness (QED) is 0.630. The minimum Gasteiger partial charge on any atom is -0.478 e. The van der Waals surface area contributed by atoms with Crippen LogP contribution in [0.5, 0.6) is 0 Å². The molecule has 28 heavy (non-hydrogen) atoms. The zero-order valence-corrected chi connectivity index (χ0v) is 17.3. The summed E-state index contributed by atoms with van der Waals surface area (Å²) in [6, 6.07) is 13.9. The molecular weight excluding hydrogens is 352 g/mol. The van der Waals surface area contributed by atoms with E-state index in [0.29, 0.717) is 0 Å². The average molecular weight is 380 g/mol. The van der Waals surface area contributed by atoms with Crippen molar-refractivity contribution < 1.29 is 19.8 Å². The number of aromatic carboxylic acids is 2. The number of benzene rings is 2. The van der Waals surface area contributed by atoms with Crippen molar-refractivity contribution in [1.82, 2.24) is 0 Å². The van der Waals surface area contributed by atoms with Crippen LogP contribution in [-0.2, 0) is 0 Å². The highest BCUT2D eigenvalue weighted by molar-refractivity contribution is 5.96. The van der Waals surface area contributed by atoms with Gasteiger partial charge in [0.1, 0.15) is 0 Å². The molecule has 0 aromatic heterocycles. The second-order valence-electron chi connectivity index (χ2n) is 9.02. The SMILES string of the molecule is CC(C)(C)/C(=C(\c1ccc(C(=O)O)cc1)C(C)(C)C)c1ccc(C(=O)O)cc1. The van der Waals surface area contributed by atoms with Crippen molar-refractivity contribution >= 4 is 23.1 Å². The molecule has 0 saturated heterocycles.